The zero-order valence-electron chi connectivity index (χ0n) is 7.71. The fourth-order valence-corrected chi connectivity index (χ4v) is 1.34. The van der Waals surface area contributed by atoms with Crippen LogP contribution in [0, 0.1) is 11.3 Å². The largest absolute Gasteiger partial charge is 0.435 e. The average molecular weight is 232 g/mol. The standard InChI is InChI=1S/C10H8ClF2NO/c11-8-3-4-9(15-10(12)13)7(6-8)2-1-5-14/h3-4,6,10H,1-2H2. The van der Waals surface area contributed by atoms with E-state index in [1.165, 1.54) is 18.2 Å². The number of hydrogen-bond donors (Lipinski definition) is 0. The van der Waals surface area contributed by atoms with Gasteiger partial charge < -0.3 is 4.74 Å². The van der Waals surface area contributed by atoms with Crippen LogP contribution in [0.4, 0.5) is 8.78 Å². The van der Waals surface area contributed by atoms with E-state index in [2.05, 4.69) is 4.74 Å². The van der Waals surface area contributed by atoms with Crippen LogP contribution in [0.15, 0.2) is 18.2 Å². The molecule has 0 aromatic heterocycles. The highest BCUT2D eigenvalue weighted by Crippen LogP contribution is 2.25. The molecule has 0 aliphatic rings. The minimum atomic E-state index is -2.87. The normalized spacial score (nSPS) is 10.1. The SMILES string of the molecule is N#CCCc1cc(Cl)ccc1OC(F)F. The van der Waals surface area contributed by atoms with Crippen LogP contribution in [0.1, 0.15) is 12.0 Å². The van der Waals surface area contributed by atoms with Crippen LogP contribution in [0.25, 0.3) is 0 Å². The van der Waals surface area contributed by atoms with E-state index in [4.69, 9.17) is 16.9 Å². The Bertz CT molecular complexity index is 376. The lowest BCUT2D eigenvalue weighted by Crippen LogP contribution is -2.04. The Balaban J connectivity index is 2.88. The predicted molar refractivity (Wildman–Crippen MR) is 52.0 cm³/mol. The molecule has 0 atom stereocenters. The van der Waals surface area contributed by atoms with Gasteiger partial charge >= 0.3 is 6.61 Å². The summed E-state index contributed by atoms with van der Waals surface area (Å²) < 4.78 is 28.3. The molecule has 1 aromatic carbocycles. The predicted octanol–water partition coefficient (Wildman–Crippen LogP) is 3.40. The Labute approximate surface area is 91.0 Å². The number of hydrogen-bond acceptors (Lipinski definition) is 2. The number of nitriles is 1. The molecule has 0 spiro atoms. The Morgan fingerprint density at radius 3 is 2.80 bits per heavy atom. The van der Waals surface area contributed by atoms with E-state index in [1.54, 1.807) is 0 Å². The number of nitrogens with zero attached hydrogens (tertiary/aromatic N) is 1. The first-order valence-electron chi connectivity index (χ1n) is 4.23. The summed E-state index contributed by atoms with van der Waals surface area (Å²) in [5, 5.41) is 8.83. The van der Waals surface area contributed by atoms with Gasteiger partial charge in [-0.15, -0.1) is 0 Å². The van der Waals surface area contributed by atoms with Crippen molar-refractivity contribution >= 4 is 11.6 Å². The molecule has 0 amide bonds. The molecule has 0 heterocycles. The molecule has 0 unspecified atom stereocenters. The first kappa shape index (κ1) is 11.7. The topological polar surface area (TPSA) is 33.0 Å². The summed E-state index contributed by atoms with van der Waals surface area (Å²) >= 11 is 5.71. The maximum absolute atomic E-state index is 12.0. The maximum atomic E-state index is 12.0. The smallest absolute Gasteiger partial charge is 0.387 e. The first-order chi connectivity index (χ1) is 7.13. The lowest BCUT2D eigenvalue weighted by molar-refractivity contribution is -0.0504. The third-order valence-electron chi connectivity index (χ3n) is 1.74. The van der Waals surface area contributed by atoms with Crippen molar-refractivity contribution in [2.75, 3.05) is 0 Å². The summed E-state index contributed by atoms with van der Waals surface area (Å²) in [6.45, 7) is -2.87. The number of benzene rings is 1. The van der Waals surface area contributed by atoms with Gasteiger partial charge in [-0.2, -0.15) is 14.0 Å². The van der Waals surface area contributed by atoms with Gasteiger partial charge in [-0.1, -0.05) is 11.6 Å². The molecule has 0 aliphatic carbocycles. The highest BCUT2D eigenvalue weighted by Gasteiger charge is 2.09. The van der Waals surface area contributed by atoms with Crippen LogP contribution < -0.4 is 4.74 Å². The van der Waals surface area contributed by atoms with E-state index in [0.29, 0.717) is 17.0 Å². The van der Waals surface area contributed by atoms with Crippen LogP contribution in [0.5, 0.6) is 5.75 Å². The molecule has 1 rings (SSSR count). The Hall–Kier alpha value is -1.34. The third kappa shape index (κ3) is 3.72. The molecule has 2 nitrogen and oxygen atoms in total. The zero-order chi connectivity index (χ0) is 11.3. The molecule has 0 saturated carbocycles. The summed E-state index contributed by atoms with van der Waals surface area (Å²) in [7, 11) is 0. The molecule has 0 bridgehead atoms. The summed E-state index contributed by atoms with van der Waals surface area (Å²) in [5.74, 6) is 0.0738. The Morgan fingerprint density at radius 2 is 2.20 bits per heavy atom. The van der Waals surface area contributed by atoms with E-state index in [9.17, 15) is 8.78 Å². The number of aryl methyl sites for hydroxylation is 1. The monoisotopic (exact) mass is 231 g/mol. The van der Waals surface area contributed by atoms with Gasteiger partial charge in [0.1, 0.15) is 5.75 Å². The van der Waals surface area contributed by atoms with Crippen LogP contribution >= 0.6 is 11.6 Å². The van der Waals surface area contributed by atoms with Gasteiger partial charge in [0.15, 0.2) is 0 Å². The van der Waals surface area contributed by atoms with E-state index >= 15 is 0 Å². The van der Waals surface area contributed by atoms with Gasteiger partial charge in [-0.25, -0.2) is 0 Å². The van der Waals surface area contributed by atoms with Gasteiger partial charge in [0, 0.05) is 11.4 Å². The van der Waals surface area contributed by atoms with Crippen LogP contribution in [0.3, 0.4) is 0 Å². The van der Waals surface area contributed by atoms with Crippen molar-refractivity contribution in [3.8, 4) is 11.8 Å². The lowest BCUT2D eigenvalue weighted by atomic mass is 10.1. The van der Waals surface area contributed by atoms with Crippen molar-refractivity contribution in [1.29, 1.82) is 5.26 Å². The minimum Gasteiger partial charge on any atom is -0.435 e. The number of halogens is 3. The molecule has 0 N–H and O–H groups in total. The summed E-state index contributed by atoms with van der Waals surface area (Å²) in [6.07, 6.45) is 0.582. The highest BCUT2D eigenvalue weighted by atomic mass is 35.5. The molecule has 80 valence electrons. The van der Waals surface area contributed by atoms with Crippen molar-refractivity contribution in [2.24, 2.45) is 0 Å². The minimum absolute atomic E-state index is 0.0738. The van der Waals surface area contributed by atoms with Crippen LogP contribution in [0.2, 0.25) is 5.02 Å². The summed E-state index contributed by atoms with van der Waals surface area (Å²) in [5.41, 5.74) is 0.518. The lowest BCUT2D eigenvalue weighted by Gasteiger charge is -2.09. The molecule has 5 heteroatoms. The fraction of sp³-hybridized carbons (Fsp3) is 0.300. The Kier molecular flexibility index (Phi) is 4.32. The summed E-state index contributed by atoms with van der Waals surface area (Å²) in [6, 6.07) is 6.30. The number of ether oxygens (including phenoxy) is 1. The van der Waals surface area contributed by atoms with Gasteiger partial charge in [-0.05, 0) is 30.2 Å². The first-order valence-corrected chi connectivity index (χ1v) is 4.61. The second kappa shape index (κ2) is 5.52. The van der Waals surface area contributed by atoms with Crippen molar-refractivity contribution in [3.63, 3.8) is 0 Å². The van der Waals surface area contributed by atoms with Gasteiger partial charge in [0.05, 0.1) is 6.07 Å². The highest BCUT2D eigenvalue weighted by molar-refractivity contribution is 6.30. The van der Waals surface area contributed by atoms with Gasteiger partial charge in [0.25, 0.3) is 0 Å². The molecule has 0 fully saturated rings. The molecule has 1 aromatic rings. The van der Waals surface area contributed by atoms with Crippen molar-refractivity contribution in [3.05, 3.63) is 28.8 Å². The van der Waals surface area contributed by atoms with E-state index < -0.39 is 6.61 Å². The van der Waals surface area contributed by atoms with Gasteiger partial charge in [-0.3, -0.25) is 0 Å². The van der Waals surface area contributed by atoms with Crippen molar-refractivity contribution in [2.45, 2.75) is 19.5 Å². The summed E-state index contributed by atoms with van der Waals surface area (Å²) in [4.78, 5) is 0. The Morgan fingerprint density at radius 1 is 1.47 bits per heavy atom. The second-order valence-corrected chi connectivity index (χ2v) is 3.23. The van der Waals surface area contributed by atoms with E-state index in [-0.39, 0.29) is 12.2 Å². The number of alkyl halides is 2. The molecule has 0 radical (unpaired) electrons. The number of rotatable bonds is 4. The maximum Gasteiger partial charge on any atom is 0.387 e. The molecular weight excluding hydrogens is 224 g/mol. The molecule has 0 aliphatic heterocycles. The van der Waals surface area contributed by atoms with Crippen LogP contribution in [-0.4, -0.2) is 6.61 Å². The third-order valence-corrected chi connectivity index (χ3v) is 1.98. The quantitative estimate of drug-likeness (QED) is 0.796. The van der Waals surface area contributed by atoms with Crippen molar-refractivity contribution < 1.29 is 13.5 Å². The molecular formula is C10H8ClF2NO. The second-order valence-electron chi connectivity index (χ2n) is 2.79. The van der Waals surface area contributed by atoms with E-state index in [0.717, 1.165) is 0 Å². The molecule has 0 saturated heterocycles. The van der Waals surface area contributed by atoms with Crippen molar-refractivity contribution in [1.82, 2.24) is 0 Å². The van der Waals surface area contributed by atoms with E-state index in [1.807, 2.05) is 6.07 Å². The fourth-order valence-electron chi connectivity index (χ4n) is 1.14. The van der Waals surface area contributed by atoms with Gasteiger partial charge in [0.2, 0.25) is 0 Å². The molecule has 15 heavy (non-hydrogen) atoms. The zero-order valence-corrected chi connectivity index (χ0v) is 8.47. The van der Waals surface area contributed by atoms with Crippen LogP contribution in [-0.2, 0) is 6.42 Å². The average Bonchev–Trinajstić information content (AvgIpc) is 2.18.